The Kier molecular flexibility index (Phi) is 3.32. The molecule has 0 unspecified atom stereocenters. The van der Waals surface area contributed by atoms with Crippen molar-refractivity contribution in [1.82, 2.24) is 0 Å². The number of aliphatic hydroxyl groups is 2. The zero-order valence-electron chi connectivity index (χ0n) is 13.1. The fraction of sp³-hybridized carbons (Fsp3) is 0.529. The van der Waals surface area contributed by atoms with E-state index in [1.807, 2.05) is 0 Å². The fourth-order valence-electron chi connectivity index (χ4n) is 4.05. The monoisotopic (exact) mass is 320 g/mol. The molecule has 0 aromatic heterocycles. The maximum atomic E-state index is 12.0. The summed E-state index contributed by atoms with van der Waals surface area (Å²) < 4.78 is 10.7. The van der Waals surface area contributed by atoms with Crippen molar-refractivity contribution in [3.05, 3.63) is 36.5 Å². The lowest BCUT2D eigenvalue weighted by Gasteiger charge is -2.38. The minimum absolute atomic E-state index is 0.157. The van der Waals surface area contributed by atoms with Crippen molar-refractivity contribution in [2.45, 2.75) is 43.7 Å². The zero-order valence-corrected chi connectivity index (χ0v) is 13.1. The van der Waals surface area contributed by atoms with Crippen LogP contribution in [0.15, 0.2) is 36.5 Å². The molecular weight excluding hydrogens is 300 g/mol. The molecule has 6 atom stereocenters. The van der Waals surface area contributed by atoms with Gasteiger partial charge in [0.15, 0.2) is 0 Å². The van der Waals surface area contributed by atoms with Gasteiger partial charge in [-0.15, -0.1) is 0 Å². The van der Waals surface area contributed by atoms with E-state index in [1.54, 1.807) is 0 Å². The Morgan fingerprint density at radius 2 is 2.04 bits per heavy atom. The van der Waals surface area contributed by atoms with Gasteiger partial charge in [0.05, 0.1) is 17.4 Å². The van der Waals surface area contributed by atoms with E-state index in [2.05, 4.69) is 13.2 Å². The second-order valence-electron chi connectivity index (χ2n) is 6.74. The minimum atomic E-state index is -1.54. The molecule has 0 spiro atoms. The summed E-state index contributed by atoms with van der Waals surface area (Å²) in [7, 11) is 0. The average Bonchev–Trinajstić information content (AvgIpc) is 2.80. The predicted molar refractivity (Wildman–Crippen MR) is 80.0 cm³/mol. The quantitative estimate of drug-likeness (QED) is 0.418. The molecule has 23 heavy (non-hydrogen) atoms. The van der Waals surface area contributed by atoms with Crippen LogP contribution in [-0.4, -0.2) is 45.6 Å². The molecule has 1 saturated heterocycles. The van der Waals surface area contributed by atoms with Gasteiger partial charge >= 0.3 is 11.9 Å². The Labute approximate surface area is 134 Å². The molecule has 0 aromatic rings. The summed E-state index contributed by atoms with van der Waals surface area (Å²) in [6.07, 6.45) is 1.55. The van der Waals surface area contributed by atoms with Crippen LogP contribution in [0.25, 0.3) is 0 Å². The van der Waals surface area contributed by atoms with Crippen molar-refractivity contribution in [1.29, 1.82) is 0 Å². The molecular formula is C17H20O6. The highest BCUT2D eigenvalue weighted by atomic mass is 16.6. The maximum Gasteiger partial charge on any atom is 0.334 e. The average molecular weight is 320 g/mol. The highest BCUT2D eigenvalue weighted by molar-refractivity contribution is 5.91. The van der Waals surface area contributed by atoms with E-state index >= 15 is 0 Å². The molecule has 3 rings (SSSR count). The molecule has 6 nitrogen and oxygen atoms in total. The van der Waals surface area contributed by atoms with Crippen molar-refractivity contribution >= 4 is 11.9 Å². The first-order valence-electron chi connectivity index (χ1n) is 7.48. The van der Waals surface area contributed by atoms with Crippen LogP contribution in [0.4, 0.5) is 0 Å². The standard InChI is InChI=1S/C17H20O6/c1-8-7-11(22-10(3)18)12-9(2)15(19)23-13(12)14-16(4,20)5-6-17(8,14)21/h5-6,11-14,20-21H,1-2,7H2,3-4H3/t11-,12+,13-,14-,16-,17-/m0/s1. The van der Waals surface area contributed by atoms with E-state index in [9.17, 15) is 19.8 Å². The van der Waals surface area contributed by atoms with Gasteiger partial charge in [0.1, 0.15) is 17.8 Å². The molecule has 124 valence electrons. The predicted octanol–water partition coefficient (Wildman–Crippen LogP) is 0.644. The number of hydrogen-bond donors (Lipinski definition) is 2. The Balaban J connectivity index is 2.12. The Bertz CT molecular complexity index is 645. The van der Waals surface area contributed by atoms with Gasteiger partial charge in [0, 0.05) is 18.9 Å². The molecule has 1 aliphatic heterocycles. The van der Waals surface area contributed by atoms with Crippen LogP contribution in [-0.2, 0) is 19.1 Å². The number of carbonyl (C=O) groups excluding carboxylic acids is 2. The molecule has 6 heteroatoms. The van der Waals surface area contributed by atoms with E-state index in [0.29, 0.717) is 5.57 Å². The van der Waals surface area contributed by atoms with Gasteiger partial charge in [-0.1, -0.05) is 19.2 Å². The molecule has 1 saturated carbocycles. The highest BCUT2D eigenvalue weighted by Gasteiger charge is 2.63. The van der Waals surface area contributed by atoms with Crippen molar-refractivity contribution in [3.8, 4) is 0 Å². The second kappa shape index (κ2) is 4.79. The zero-order chi connectivity index (χ0) is 17.2. The summed E-state index contributed by atoms with van der Waals surface area (Å²) in [6.45, 7) is 10.5. The van der Waals surface area contributed by atoms with Crippen LogP contribution < -0.4 is 0 Å². The molecule has 2 N–H and O–H groups in total. The molecule has 3 aliphatic rings. The van der Waals surface area contributed by atoms with Crippen LogP contribution in [0.1, 0.15) is 20.3 Å². The molecule has 0 radical (unpaired) electrons. The number of rotatable bonds is 1. The molecule has 0 amide bonds. The lowest BCUT2D eigenvalue weighted by molar-refractivity contribution is -0.155. The lowest BCUT2D eigenvalue weighted by Crippen LogP contribution is -2.51. The summed E-state index contributed by atoms with van der Waals surface area (Å²) in [4.78, 5) is 23.4. The molecule has 0 aromatic carbocycles. The SMILES string of the molecule is C=C1C(=O)O[C@H]2[C@H]1[C@@H](OC(C)=O)CC(=C)[C@@]1(O)C=C[C@](C)(O)[C@H]21. The topological polar surface area (TPSA) is 93.1 Å². The largest absolute Gasteiger partial charge is 0.461 e. The summed E-state index contributed by atoms with van der Waals surface area (Å²) in [5.74, 6) is -2.57. The first-order chi connectivity index (χ1) is 10.6. The van der Waals surface area contributed by atoms with Gasteiger partial charge in [-0.05, 0) is 18.6 Å². The second-order valence-corrected chi connectivity index (χ2v) is 6.74. The molecule has 2 fully saturated rings. The highest BCUT2D eigenvalue weighted by Crippen LogP contribution is 2.53. The lowest BCUT2D eigenvalue weighted by atomic mass is 9.73. The smallest absolute Gasteiger partial charge is 0.334 e. The van der Waals surface area contributed by atoms with Crippen LogP contribution in [0.3, 0.4) is 0 Å². The molecule has 2 aliphatic carbocycles. The van der Waals surface area contributed by atoms with Gasteiger partial charge in [0.25, 0.3) is 0 Å². The first-order valence-corrected chi connectivity index (χ1v) is 7.48. The Morgan fingerprint density at radius 1 is 1.39 bits per heavy atom. The van der Waals surface area contributed by atoms with Crippen molar-refractivity contribution in [2.24, 2.45) is 11.8 Å². The Hall–Kier alpha value is -1.92. The normalized spacial score (nSPS) is 45.3. The number of carbonyl (C=O) groups is 2. The molecule has 1 heterocycles. The van der Waals surface area contributed by atoms with Crippen LogP contribution in [0, 0.1) is 11.8 Å². The van der Waals surface area contributed by atoms with Gasteiger partial charge in [-0.25, -0.2) is 4.79 Å². The maximum absolute atomic E-state index is 12.0. The van der Waals surface area contributed by atoms with E-state index in [0.717, 1.165) is 0 Å². The summed E-state index contributed by atoms with van der Waals surface area (Å²) in [5.41, 5.74) is -2.34. The summed E-state index contributed by atoms with van der Waals surface area (Å²) in [6, 6.07) is 0. The third-order valence-electron chi connectivity index (χ3n) is 5.10. The summed E-state index contributed by atoms with van der Waals surface area (Å²) >= 11 is 0. The van der Waals surface area contributed by atoms with Gasteiger partial charge in [-0.2, -0.15) is 0 Å². The van der Waals surface area contributed by atoms with E-state index < -0.39 is 47.2 Å². The van der Waals surface area contributed by atoms with E-state index in [-0.39, 0.29) is 12.0 Å². The van der Waals surface area contributed by atoms with E-state index in [1.165, 1.54) is 26.0 Å². The van der Waals surface area contributed by atoms with Crippen LogP contribution >= 0.6 is 0 Å². The van der Waals surface area contributed by atoms with E-state index in [4.69, 9.17) is 9.47 Å². The minimum Gasteiger partial charge on any atom is -0.461 e. The number of esters is 2. The third kappa shape index (κ3) is 2.16. The van der Waals surface area contributed by atoms with Crippen molar-refractivity contribution < 1.29 is 29.3 Å². The first kappa shape index (κ1) is 16.0. The van der Waals surface area contributed by atoms with Crippen LogP contribution in [0.5, 0.6) is 0 Å². The number of fused-ring (bicyclic) bond motifs is 3. The van der Waals surface area contributed by atoms with Gasteiger partial charge < -0.3 is 19.7 Å². The van der Waals surface area contributed by atoms with Gasteiger partial charge in [0.2, 0.25) is 0 Å². The number of ether oxygens (including phenoxy) is 2. The van der Waals surface area contributed by atoms with Crippen LogP contribution in [0.2, 0.25) is 0 Å². The Morgan fingerprint density at radius 3 is 2.65 bits per heavy atom. The number of hydrogen-bond acceptors (Lipinski definition) is 6. The third-order valence-corrected chi connectivity index (χ3v) is 5.10. The molecule has 0 bridgehead atoms. The van der Waals surface area contributed by atoms with Crippen molar-refractivity contribution in [2.75, 3.05) is 0 Å². The fourth-order valence-corrected chi connectivity index (χ4v) is 4.05. The van der Waals surface area contributed by atoms with Crippen molar-refractivity contribution in [3.63, 3.8) is 0 Å². The summed E-state index contributed by atoms with van der Waals surface area (Å²) in [5, 5.41) is 21.7. The van der Waals surface area contributed by atoms with Gasteiger partial charge in [-0.3, -0.25) is 4.79 Å².